The predicted octanol–water partition coefficient (Wildman–Crippen LogP) is 0.488. The maximum atomic E-state index is 12.2. The van der Waals surface area contributed by atoms with E-state index in [1.807, 2.05) is 0 Å². The average molecular weight is 337 g/mol. The van der Waals surface area contributed by atoms with E-state index in [1.54, 1.807) is 14.2 Å². The molecule has 0 aliphatic carbocycles. The molecule has 9 heteroatoms. The highest BCUT2D eigenvalue weighted by Crippen LogP contribution is 2.22. The summed E-state index contributed by atoms with van der Waals surface area (Å²) in [7, 11) is 4.55. The van der Waals surface area contributed by atoms with E-state index < -0.39 is 20.6 Å². The van der Waals surface area contributed by atoms with Gasteiger partial charge in [-0.1, -0.05) is 0 Å². The molecule has 0 spiro atoms. The summed E-state index contributed by atoms with van der Waals surface area (Å²) in [5.74, 6) is -0.396. The highest BCUT2D eigenvalue weighted by Gasteiger charge is 2.35. The van der Waals surface area contributed by atoms with Gasteiger partial charge in [0.15, 0.2) is 0 Å². The van der Waals surface area contributed by atoms with E-state index >= 15 is 0 Å². The normalized spacial score (nSPS) is 22.4. The summed E-state index contributed by atoms with van der Waals surface area (Å²) < 4.78 is 34.6. The first-order chi connectivity index (χ1) is 9.77. The number of aryl methyl sites for hydroxylation is 1. The minimum atomic E-state index is -3.86. The van der Waals surface area contributed by atoms with Gasteiger partial charge in [0.05, 0.1) is 6.61 Å². The molecule has 118 valence electrons. The van der Waals surface area contributed by atoms with Crippen molar-refractivity contribution in [2.24, 2.45) is 7.05 Å². The number of amides is 1. The van der Waals surface area contributed by atoms with Crippen LogP contribution in [0.25, 0.3) is 0 Å². The number of ether oxygens (including phenoxy) is 2. The fraction of sp³-hybridized carbons (Fsp3) is 0.583. The zero-order valence-electron chi connectivity index (χ0n) is 11.8. The average Bonchev–Trinajstić information content (AvgIpc) is 3.02. The minimum absolute atomic E-state index is 0.109. The first kappa shape index (κ1) is 16.3. The molecule has 21 heavy (non-hydrogen) atoms. The second kappa shape index (κ2) is 5.96. The van der Waals surface area contributed by atoms with Crippen molar-refractivity contribution in [3.8, 4) is 0 Å². The third-order valence-electron chi connectivity index (χ3n) is 3.57. The molecule has 0 saturated carbocycles. The first-order valence-corrected chi connectivity index (χ1v) is 8.60. The van der Waals surface area contributed by atoms with Gasteiger partial charge >= 0.3 is 0 Å². The molecular weight excluding hydrogens is 320 g/mol. The molecule has 1 aromatic rings. The summed E-state index contributed by atoms with van der Waals surface area (Å²) in [5, 5.41) is 2.74. The van der Waals surface area contributed by atoms with E-state index in [1.165, 1.54) is 16.8 Å². The molecule has 1 aliphatic rings. The monoisotopic (exact) mass is 336 g/mol. The van der Waals surface area contributed by atoms with Crippen LogP contribution in [0.15, 0.2) is 17.2 Å². The van der Waals surface area contributed by atoms with Crippen LogP contribution in [0.2, 0.25) is 0 Å². The Morgan fingerprint density at radius 2 is 2.33 bits per heavy atom. The Hall–Kier alpha value is -1.09. The zero-order valence-corrected chi connectivity index (χ0v) is 13.3. The summed E-state index contributed by atoms with van der Waals surface area (Å²) in [6.45, 7) is 1.29. The van der Waals surface area contributed by atoms with Crippen LogP contribution in [0.5, 0.6) is 0 Å². The van der Waals surface area contributed by atoms with Gasteiger partial charge in [0.1, 0.15) is 16.2 Å². The molecule has 1 unspecified atom stereocenters. The van der Waals surface area contributed by atoms with E-state index in [4.69, 9.17) is 20.2 Å². The Morgan fingerprint density at radius 1 is 1.62 bits per heavy atom. The number of rotatable bonds is 5. The van der Waals surface area contributed by atoms with E-state index in [0.717, 1.165) is 0 Å². The van der Waals surface area contributed by atoms with Gasteiger partial charge in [0, 0.05) is 50.6 Å². The Balaban J connectivity index is 2.09. The van der Waals surface area contributed by atoms with E-state index in [0.29, 0.717) is 19.6 Å². The Labute approximate surface area is 127 Å². The van der Waals surface area contributed by atoms with Crippen LogP contribution in [-0.4, -0.2) is 51.4 Å². The van der Waals surface area contributed by atoms with Gasteiger partial charge in [-0.3, -0.25) is 4.79 Å². The fourth-order valence-electron chi connectivity index (χ4n) is 2.19. The van der Waals surface area contributed by atoms with Crippen LogP contribution < -0.4 is 5.32 Å². The minimum Gasteiger partial charge on any atom is -0.378 e. The number of methoxy groups -OCH3 is 1. The molecule has 1 saturated heterocycles. The third-order valence-corrected chi connectivity index (χ3v) is 4.89. The van der Waals surface area contributed by atoms with E-state index in [9.17, 15) is 13.2 Å². The molecule has 1 fully saturated rings. The lowest BCUT2D eigenvalue weighted by atomic mass is 10.0. The van der Waals surface area contributed by atoms with Crippen LogP contribution in [0.1, 0.15) is 16.9 Å². The van der Waals surface area contributed by atoms with Crippen molar-refractivity contribution in [3.05, 3.63) is 18.0 Å². The van der Waals surface area contributed by atoms with Crippen molar-refractivity contribution < 1.29 is 22.7 Å². The molecule has 0 aromatic carbocycles. The maximum Gasteiger partial charge on any atom is 0.268 e. The number of carbonyl (C=O) groups is 1. The molecule has 1 N–H and O–H groups in total. The van der Waals surface area contributed by atoms with Gasteiger partial charge in [-0.05, 0) is 6.07 Å². The lowest BCUT2D eigenvalue weighted by Gasteiger charge is -2.25. The highest BCUT2D eigenvalue weighted by molar-refractivity contribution is 8.13. The molecule has 1 aliphatic heterocycles. The van der Waals surface area contributed by atoms with Crippen molar-refractivity contribution in [1.82, 2.24) is 9.88 Å². The lowest BCUT2D eigenvalue weighted by Crippen LogP contribution is -2.45. The van der Waals surface area contributed by atoms with Crippen LogP contribution in [-0.2, 0) is 25.6 Å². The van der Waals surface area contributed by atoms with Crippen LogP contribution in [0.3, 0.4) is 0 Å². The topological polar surface area (TPSA) is 86.6 Å². The number of nitrogens with zero attached hydrogens (tertiary/aromatic N) is 1. The van der Waals surface area contributed by atoms with Gasteiger partial charge in [-0.25, -0.2) is 8.42 Å². The summed E-state index contributed by atoms with van der Waals surface area (Å²) in [6, 6.07) is 1.24. The number of hydrogen-bond acceptors (Lipinski definition) is 5. The highest BCUT2D eigenvalue weighted by atomic mass is 35.7. The predicted molar refractivity (Wildman–Crippen MR) is 76.0 cm³/mol. The number of nitrogens with one attached hydrogen (secondary N) is 1. The van der Waals surface area contributed by atoms with Gasteiger partial charge in [0.25, 0.3) is 15.0 Å². The molecular formula is C12H17ClN2O5S. The van der Waals surface area contributed by atoms with E-state index in [-0.39, 0.29) is 17.1 Å². The lowest BCUT2D eigenvalue weighted by molar-refractivity contribution is -0.0149. The number of hydrogen-bond donors (Lipinski definition) is 1. The van der Waals surface area contributed by atoms with Crippen LogP contribution in [0, 0.1) is 0 Å². The van der Waals surface area contributed by atoms with Gasteiger partial charge in [-0.2, -0.15) is 0 Å². The molecule has 7 nitrogen and oxygen atoms in total. The molecule has 1 amide bonds. The summed E-state index contributed by atoms with van der Waals surface area (Å²) in [5.41, 5.74) is -0.318. The second-order valence-corrected chi connectivity index (χ2v) is 7.55. The van der Waals surface area contributed by atoms with Crippen molar-refractivity contribution in [2.75, 3.05) is 26.9 Å². The maximum absolute atomic E-state index is 12.2. The number of aromatic nitrogens is 1. The second-order valence-electron chi connectivity index (χ2n) is 4.98. The molecule has 2 rings (SSSR count). The smallest absolute Gasteiger partial charge is 0.268 e. The van der Waals surface area contributed by atoms with Gasteiger partial charge in [-0.15, -0.1) is 0 Å². The molecule has 0 bridgehead atoms. The largest absolute Gasteiger partial charge is 0.378 e. The van der Waals surface area contributed by atoms with Crippen molar-refractivity contribution in [3.63, 3.8) is 0 Å². The SMILES string of the molecule is COC1(CNC(=O)c2cc(S(=O)(=O)Cl)cn2C)CCOC1. The molecule has 1 aromatic heterocycles. The van der Waals surface area contributed by atoms with Crippen molar-refractivity contribution >= 4 is 25.6 Å². The summed E-state index contributed by atoms with van der Waals surface area (Å²) in [4.78, 5) is 12.0. The van der Waals surface area contributed by atoms with Crippen molar-refractivity contribution in [1.29, 1.82) is 0 Å². The van der Waals surface area contributed by atoms with Gasteiger partial charge in [0.2, 0.25) is 0 Å². The molecule has 2 heterocycles. The van der Waals surface area contributed by atoms with E-state index in [2.05, 4.69) is 5.32 Å². The summed E-state index contributed by atoms with van der Waals surface area (Å²) in [6.07, 6.45) is 1.99. The Bertz CT molecular complexity index is 634. The first-order valence-electron chi connectivity index (χ1n) is 6.29. The standard InChI is InChI=1S/C12H17ClN2O5S/c1-15-6-9(21(13,17)18)5-10(15)11(16)14-7-12(19-2)3-4-20-8-12/h5-6H,3-4,7-8H2,1-2H3,(H,14,16). The quantitative estimate of drug-likeness (QED) is 0.791. The molecule has 0 radical (unpaired) electrons. The van der Waals surface area contributed by atoms with Crippen LogP contribution in [0.4, 0.5) is 0 Å². The fourth-order valence-corrected chi connectivity index (χ4v) is 2.98. The van der Waals surface area contributed by atoms with Gasteiger partial charge < -0.3 is 19.4 Å². The van der Waals surface area contributed by atoms with Crippen molar-refractivity contribution in [2.45, 2.75) is 16.9 Å². The Morgan fingerprint density at radius 3 is 2.81 bits per heavy atom. The summed E-state index contributed by atoms with van der Waals surface area (Å²) >= 11 is 0. The number of carbonyl (C=O) groups excluding carboxylic acids is 1. The Kier molecular flexibility index (Phi) is 4.62. The number of halogens is 1. The van der Waals surface area contributed by atoms with Crippen LogP contribution >= 0.6 is 10.7 Å². The third kappa shape index (κ3) is 3.57. The zero-order chi connectivity index (χ0) is 15.7. The molecule has 1 atom stereocenters.